The van der Waals surface area contributed by atoms with E-state index in [9.17, 15) is 14.0 Å². The molecule has 4 aromatic rings. The Morgan fingerprint density at radius 2 is 1.88 bits per heavy atom. The third-order valence-corrected chi connectivity index (χ3v) is 5.76. The zero-order valence-corrected chi connectivity index (χ0v) is 17.6. The van der Waals surface area contributed by atoms with Crippen LogP contribution in [0.1, 0.15) is 16.1 Å². The van der Waals surface area contributed by atoms with Crippen molar-refractivity contribution in [2.24, 2.45) is 7.05 Å². The van der Waals surface area contributed by atoms with Crippen molar-refractivity contribution in [2.75, 3.05) is 19.0 Å². The second kappa shape index (κ2) is 7.56. The summed E-state index contributed by atoms with van der Waals surface area (Å²) < 4.78 is 21.1. The molecule has 0 unspecified atom stereocenters. The van der Waals surface area contributed by atoms with Gasteiger partial charge in [-0.25, -0.2) is 4.39 Å². The Morgan fingerprint density at radius 1 is 1.09 bits per heavy atom. The molecule has 0 radical (unpaired) electrons. The minimum atomic E-state index is -0.513. The van der Waals surface area contributed by atoms with Crippen molar-refractivity contribution in [1.82, 2.24) is 14.9 Å². The molecule has 2 aromatic carbocycles. The maximum Gasteiger partial charge on any atom is 0.258 e. The number of aryl methyl sites for hydroxylation is 1. The van der Waals surface area contributed by atoms with Gasteiger partial charge in [0.25, 0.3) is 11.5 Å². The van der Waals surface area contributed by atoms with E-state index in [-0.39, 0.29) is 17.2 Å². The Hall–Kier alpha value is -4.07. The first-order chi connectivity index (χ1) is 15.5. The number of aromatic nitrogens is 2. The zero-order valence-electron chi connectivity index (χ0n) is 17.6. The smallest absolute Gasteiger partial charge is 0.258 e. The number of para-hydroxylation sites is 1. The number of carbonyl (C=O) groups excluding carboxylic acids is 1. The molecule has 0 spiro atoms. The second-order valence-electron chi connectivity index (χ2n) is 7.68. The number of methoxy groups -OCH3 is 1. The standard InChI is InChI=1S/C24H21FN4O3/c1-29-12-15(13-6-3-4-7-14(13)24(29)31)20-21(19-17(27-20)10-11-26-23(19)30)28-18-9-5-8-16(25)22(18)32-2/h3-9,12,27-28H,10-11H2,1-2H3,(H,26,30). The summed E-state index contributed by atoms with van der Waals surface area (Å²) in [5.41, 5.74) is 3.43. The van der Waals surface area contributed by atoms with Gasteiger partial charge >= 0.3 is 0 Å². The fourth-order valence-electron chi connectivity index (χ4n) is 4.27. The number of amides is 1. The van der Waals surface area contributed by atoms with Crippen molar-refractivity contribution in [3.05, 3.63) is 76.1 Å². The third-order valence-electron chi connectivity index (χ3n) is 5.76. The molecule has 8 heteroatoms. The predicted octanol–water partition coefficient (Wildman–Crippen LogP) is 3.71. The van der Waals surface area contributed by atoms with Crippen LogP contribution in [0, 0.1) is 5.82 Å². The van der Waals surface area contributed by atoms with Crippen LogP contribution < -0.4 is 20.9 Å². The number of nitrogens with zero attached hydrogens (tertiary/aromatic N) is 1. The highest BCUT2D eigenvalue weighted by Gasteiger charge is 2.28. The average Bonchev–Trinajstić information content (AvgIpc) is 3.16. The fraction of sp³-hybridized carbons (Fsp3) is 0.167. The highest BCUT2D eigenvalue weighted by molar-refractivity contribution is 6.08. The zero-order chi connectivity index (χ0) is 22.4. The number of benzene rings is 2. The van der Waals surface area contributed by atoms with Crippen LogP contribution in [0.4, 0.5) is 15.8 Å². The lowest BCUT2D eigenvalue weighted by molar-refractivity contribution is 0.0947. The van der Waals surface area contributed by atoms with Crippen molar-refractivity contribution in [3.63, 3.8) is 0 Å². The Labute approximate surface area is 182 Å². The third kappa shape index (κ3) is 3.03. The summed E-state index contributed by atoms with van der Waals surface area (Å²) in [5, 5.41) is 7.41. The molecule has 1 aliphatic heterocycles. The van der Waals surface area contributed by atoms with Gasteiger partial charge in [0.05, 0.1) is 29.7 Å². The van der Waals surface area contributed by atoms with Crippen molar-refractivity contribution >= 4 is 28.1 Å². The van der Waals surface area contributed by atoms with Gasteiger partial charge in [-0.15, -0.1) is 0 Å². The van der Waals surface area contributed by atoms with Crippen LogP contribution in [0.3, 0.4) is 0 Å². The second-order valence-corrected chi connectivity index (χ2v) is 7.68. The van der Waals surface area contributed by atoms with E-state index in [2.05, 4.69) is 15.6 Å². The molecular formula is C24H21FN4O3. The van der Waals surface area contributed by atoms with E-state index in [4.69, 9.17) is 4.74 Å². The van der Waals surface area contributed by atoms with Crippen LogP contribution in [0.2, 0.25) is 0 Å². The van der Waals surface area contributed by atoms with Crippen LogP contribution in [-0.4, -0.2) is 29.1 Å². The number of anilines is 2. The summed E-state index contributed by atoms with van der Waals surface area (Å²) in [6.45, 7) is 0.516. The first-order valence-electron chi connectivity index (χ1n) is 10.2. The number of nitrogens with one attached hydrogen (secondary N) is 3. The average molecular weight is 432 g/mol. The van der Waals surface area contributed by atoms with Gasteiger partial charge in [-0.05, 0) is 23.6 Å². The summed E-state index contributed by atoms with van der Waals surface area (Å²) in [4.78, 5) is 28.9. The van der Waals surface area contributed by atoms with Crippen LogP contribution in [0.25, 0.3) is 22.0 Å². The van der Waals surface area contributed by atoms with E-state index in [1.54, 1.807) is 31.4 Å². The van der Waals surface area contributed by atoms with Gasteiger partial charge < -0.3 is 24.9 Å². The van der Waals surface area contributed by atoms with E-state index in [0.29, 0.717) is 41.0 Å². The van der Waals surface area contributed by atoms with Crippen molar-refractivity contribution < 1.29 is 13.9 Å². The van der Waals surface area contributed by atoms with Gasteiger partial charge in [-0.3, -0.25) is 9.59 Å². The Kier molecular flexibility index (Phi) is 4.70. The molecule has 0 atom stereocenters. The van der Waals surface area contributed by atoms with Gasteiger partial charge in [0.15, 0.2) is 11.6 Å². The number of hydrogen-bond donors (Lipinski definition) is 3. The molecule has 5 rings (SSSR count). The fourth-order valence-corrected chi connectivity index (χ4v) is 4.27. The molecule has 162 valence electrons. The maximum atomic E-state index is 14.3. The van der Waals surface area contributed by atoms with E-state index >= 15 is 0 Å². The highest BCUT2D eigenvalue weighted by Crippen LogP contribution is 2.41. The number of fused-ring (bicyclic) bond motifs is 2. The minimum Gasteiger partial charge on any atom is -0.492 e. The topological polar surface area (TPSA) is 88.2 Å². The Morgan fingerprint density at radius 3 is 2.66 bits per heavy atom. The summed E-state index contributed by atoms with van der Waals surface area (Å²) in [6, 6.07) is 11.9. The number of aromatic amines is 1. The number of halogens is 1. The van der Waals surface area contributed by atoms with Crippen LogP contribution in [-0.2, 0) is 13.5 Å². The lowest BCUT2D eigenvalue weighted by Crippen LogP contribution is -2.31. The number of pyridine rings is 1. The van der Waals surface area contributed by atoms with Gasteiger partial charge in [0.1, 0.15) is 0 Å². The van der Waals surface area contributed by atoms with E-state index in [1.807, 2.05) is 18.2 Å². The van der Waals surface area contributed by atoms with Crippen molar-refractivity contribution in [1.29, 1.82) is 0 Å². The molecule has 3 N–H and O–H groups in total. The quantitative estimate of drug-likeness (QED) is 0.459. The monoisotopic (exact) mass is 432 g/mol. The first kappa shape index (κ1) is 19.9. The predicted molar refractivity (Wildman–Crippen MR) is 121 cm³/mol. The first-order valence-corrected chi connectivity index (χ1v) is 10.2. The number of hydrogen-bond acceptors (Lipinski definition) is 4. The summed E-state index contributed by atoms with van der Waals surface area (Å²) in [7, 11) is 3.08. The van der Waals surface area contributed by atoms with Gasteiger partial charge in [-0.2, -0.15) is 0 Å². The SMILES string of the molecule is COc1c(F)cccc1Nc1c(-c2cn(C)c(=O)c3ccccc23)[nH]c2c1C(=O)NCC2. The highest BCUT2D eigenvalue weighted by atomic mass is 19.1. The van der Waals surface area contributed by atoms with E-state index in [1.165, 1.54) is 17.7 Å². The number of rotatable bonds is 4. The van der Waals surface area contributed by atoms with Gasteiger partial charge in [-0.1, -0.05) is 24.3 Å². The Bertz CT molecular complexity index is 1440. The minimum absolute atomic E-state index is 0.0509. The molecular weight excluding hydrogens is 411 g/mol. The summed E-state index contributed by atoms with van der Waals surface area (Å²) >= 11 is 0. The van der Waals surface area contributed by atoms with Crippen LogP contribution in [0.15, 0.2) is 53.5 Å². The summed E-state index contributed by atoms with van der Waals surface area (Å²) in [5.74, 6) is -0.684. The molecule has 7 nitrogen and oxygen atoms in total. The molecule has 1 amide bonds. The maximum absolute atomic E-state index is 14.3. The molecule has 3 heterocycles. The largest absolute Gasteiger partial charge is 0.492 e. The van der Waals surface area contributed by atoms with Crippen molar-refractivity contribution in [3.8, 4) is 17.0 Å². The molecule has 0 saturated heterocycles. The molecule has 0 aliphatic carbocycles. The normalized spacial score (nSPS) is 13.0. The lowest BCUT2D eigenvalue weighted by Gasteiger charge is -2.17. The van der Waals surface area contributed by atoms with E-state index in [0.717, 1.165) is 16.6 Å². The molecule has 32 heavy (non-hydrogen) atoms. The van der Waals surface area contributed by atoms with Crippen molar-refractivity contribution in [2.45, 2.75) is 6.42 Å². The Balaban J connectivity index is 1.80. The number of H-pyrrole nitrogens is 1. The van der Waals surface area contributed by atoms with Gasteiger partial charge in [0, 0.05) is 42.9 Å². The molecule has 0 bridgehead atoms. The van der Waals surface area contributed by atoms with Crippen LogP contribution >= 0.6 is 0 Å². The molecule has 1 aliphatic rings. The van der Waals surface area contributed by atoms with E-state index < -0.39 is 5.82 Å². The number of ether oxygens (including phenoxy) is 1. The molecule has 2 aromatic heterocycles. The lowest BCUT2D eigenvalue weighted by atomic mass is 10.0. The molecule has 0 saturated carbocycles. The molecule has 0 fully saturated rings. The summed E-state index contributed by atoms with van der Waals surface area (Å²) in [6.07, 6.45) is 2.37. The van der Waals surface area contributed by atoms with Crippen LogP contribution in [0.5, 0.6) is 5.75 Å². The number of carbonyl (C=O) groups is 1. The van der Waals surface area contributed by atoms with Gasteiger partial charge in [0.2, 0.25) is 0 Å².